The number of piperazine rings is 1. The topological polar surface area (TPSA) is 47.6 Å². The molecule has 0 bridgehead atoms. The van der Waals surface area contributed by atoms with E-state index in [1.54, 1.807) is 18.2 Å². The molecule has 0 atom stereocenters. The van der Waals surface area contributed by atoms with Crippen molar-refractivity contribution in [1.29, 1.82) is 0 Å². The summed E-state index contributed by atoms with van der Waals surface area (Å²) in [5, 5.41) is 6.28. The molecule has 2 aromatic rings. The van der Waals surface area contributed by atoms with Crippen LogP contribution in [0.5, 0.6) is 0 Å². The Morgan fingerprint density at radius 1 is 1.11 bits per heavy atom. The minimum atomic E-state index is -0.354. The zero-order chi connectivity index (χ0) is 19.4. The van der Waals surface area contributed by atoms with Crippen LogP contribution in [0.2, 0.25) is 5.02 Å². The first-order valence-electron chi connectivity index (χ1n) is 8.53. The second kappa shape index (κ2) is 9.01. The lowest BCUT2D eigenvalue weighted by molar-refractivity contribution is 0.0978. The van der Waals surface area contributed by atoms with Gasteiger partial charge in [0.15, 0.2) is 5.11 Å². The molecule has 27 heavy (non-hydrogen) atoms. The van der Waals surface area contributed by atoms with Gasteiger partial charge in [-0.25, -0.2) is 0 Å². The molecule has 0 unspecified atom stereocenters. The summed E-state index contributed by atoms with van der Waals surface area (Å²) in [4.78, 5) is 17.0. The van der Waals surface area contributed by atoms with E-state index in [0.29, 0.717) is 10.6 Å². The zero-order valence-corrected chi connectivity index (χ0v) is 18.0. The molecule has 1 amide bonds. The van der Waals surface area contributed by atoms with E-state index in [4.69, 9.17) is 23.8 Å². The van der Waals surface area contributed by atoms with Crippen LogP contribution in [0, 0.1) is 0 Å². The maximum Gasteiger partial charge on any atom is 0.258 e. The molecule has 5 nitrogen and oxygen atoms in total. The van der Waals surface area contributed by atoms with Crippen LogP contribution in [-0.2, 0) is 0 Å². The number of nitrogens with one attached hydrogen (secondary N) is 2. The number of benzene rings is 2. The van der Waals surface area contributed by atoms with Gasteiger partial charge >= 0.3 is 0 Å². The highest BCUT2D eigenvalue weighted by Gasteiger charge is 2.15. The van der Waals surface area contributed by atoms with Crippen molar-refractivity contribution in [2.45, 2.75) is 0 Å². The maximum absolute atomic E-state index is 12.4. The van der Waals surface area contributed by atoms with Crippen molar-refractivity contribution >= 4 is 62.1 Å². The number of hydrogen-bond acceptors (Lipinski definition) is 4. The SMILES string of the molecule is CN1CCN(c2ccc(NC(=S)NC(=O)c3cc(Br)ccc3Cl)cc2)CC1. The van der Waals surface area contributed by atoms with Gasteiger partial charge in [0.2, 0.25) is 0 Å². The molecule has 1 aliphatic heterocycles. The van der Waals surface area contributed by atoms with Crippen molar-refractivity contribution < 1.29 is 4.79 Å². The fraction of sp³-hybridized carbons (Fsp3) is 0.263. The molecule has 2 N–H and O–H groups in total. The predicted octanol–water partition coefficient (Wildman–Crippen LogP) is 3.98. The molecular weight excluding hydrogens is 448 g/mol. The number of halogens is 2. The highest BCUT2D eigenvalue weighted by molar-refractivity contribution is 9.10. The molecule has 0 aliphatic carbocycles. The van der Waals surface area contributed by atoms with E-state index >= 15 is 0 Å². The lowest BCUT2D eigenvalue weighted by Crippen LogP contribution is -2.44. The lowest BCUT2D eigenvalue weighted by atomic mass is 10.2. The van der Waals surface area contributed by atoms with Crippen LogP contribution >= 0.6 is 39.7 Å². The van der Waals surface area contributed by atoms with Gasteiger partial charge in [-0.3, -0.25) is 10.1 Å². The number of hydrogen-bond donors (Lipinski definition) is 2. The smallest absolute Gasteiger partial charge is 0.258 e. The van der Waals surface area contributed by atoms with Gasteiger partial charge in [-0.15, -0.1) is 0 Å². The van der Waals surface area contributed by atoms with E-state index < -0.39 is 0 Å². The Hall–Kier alpha value is -1.67. The number of carbonyl (C=O) groups is 1. The fourth-order valence-electron chi connectivity index (χ4n) is 2.82. The normalized spacial score (nSPS) is 14.7. The summed E-state index contributed by atoms with van der Waals surface area (Å²) in [5.41, 5.74) is 2.36. The third-order valence-electron chi connectivity index (χ3n) is 4.39. The molecule has 0 radical (unpaired) electrons. The standard InChI is InChI=1S/C19H20BrClN4OS/c1-24-8-10-25(11-9-24)15-5-3-14(4-6-15)22-19(27)23-18(26)16-12-13(20)2-7-17(16)21/h2-7,12H,8-11H2,1H3,(H2,22,23,26,27). The highest BCUT2D eigenvalue weighted by Crippen LogP contribution is 2.21. The molecule has 0 spiro atoms. The molecular formula is C19H20BrClN4OS. The Balaban J connectivity index is 1.57. The zero-order valence-electron chi connectivity index (χ0n) is 14.8. The summed E-state index contributed by atoms with van der Waals surface area (Å²) >= 11 is 14.7. The molecule has 3 rings (SSSR count). The minimum absolute atomic E-state index is 0.225. The summed E-state index contributed by atoms with van der Waals surface area (Å²) in [6.07, 6.45) is 0. The Labute approximate surface area is 177 Å². The number of rotatable bonds is 3. The quantitative estimate of drug-likeness (QED) is 0.669. The lowest BCUT2D eigenvalue weighted by Gasteiger charge is -2.34. The number of thiocarbonyl (C=S) groups is 1. The van der Waals surface area contributed by atoms with Crippen LogP contribution in [0.25, 0.3) is 0 Å². The first-order valence-corrected chi connectivity index (χ1v) is 10.1. The highest BCUT2D eigenvalue weighted by atomic mass is 79.9. The van der Waals surface area contributed by atoms with Crippen LogP contribution < -0.4 is 15.5 Å². The van der Waals surface area contributed by atoms with Crippen LogP contribution in [0.4, 0.5) is 11.4 Å². The van der Waals surface area contributed by atoms with Crippen LogP contribution in [0.3, 0.4) is 0 Å². The predicted molar refractivity (Wildman–Crippen MR) is 119 cm³/mol. The minimum Gasteiger partial charge on any atom is -0.369 e. The van der Waals surface area contributed by atoms with Gasteiger partial charge in [0.25, 0.3) is 5.91 Å². The monoisotopic (exact) mass is 466 g/mol. The van der Waals surface area contributed by atoms with E-state index in [0.717, 1.165) is 36.3 Å². The Morgan fingerprint density at radius 2 is 1.78 bits per heavy atom. The van der Waals surface area contributed by atoms with E-state index in [1.807, 2.05) is 12.1 Å². The molecule has 0 saturated carbocycles. The van der Waals surface area contributed by atoms with Crippen LogP contribution in [0.1, 0.15) is 10.4 Å². The number of anilines is 2. The number of amides is 1. The Bertz CT molecular complexity index is 838. The van der Waals surface area contributed by atoms with Gasteiger partial charge in [-0.2, -0.15) is 0 Å². The molecule has 1 fully saturated rings. The summed E-state index contributed by atoms with van der Waals surface area (Å²) in [5.74, 6) is -0.354. The summed E-state index contributed by atoms with van der Waals surface area (Å²) in [6, 6.07) is 13.1. The van der Waals surface area contributed by atoms with Gasteiger partial charge < -0.3 is 15.1 Å². The largest absolute Gasteiger partial charge is 0.369 e. The Morgan fingerprint density at radius 3 is 2.44 bits per heavy atom. The second-order valence-corrected chi connectivity index (χ2v) is 8.10. The van der Waals surface area contributed by atoms with Crippen molar-refractivity contribution in [2.75, 3.05) is 43.4 Å². The molecule has 1 aliphatic rings. The van der Waals surface area contributed by atoms with E-state index in [9.17, 15) is 4.79 Å². The van der Waals surface area contributed by atoms with E-state index in [-0.39, 0.29) is 11.0 Å². The number of carbonyl (C=O) groups excluding carboxylic acids is 1. The third-order valence-corrected chi connectivity index (χ3v) is 5.42. The second-order valence-electron chi connectivity index (χ2n) is 6.37. The average Bonchev–Trinajstić information content (AvgIpc) is 2.65. The van der Waals surface area contributed by atoms with Crippen molar-refractivity contribution in [3.63, 3.8) is 0 Å². The summed E-state index contributed by atoms with van der Waals surface area (Å²) in [7, 11) is 2.14. The molecule has 1 saturated heterocycles. The van der Waals surface area contributed by atoms with Crippen molar-refractivity contribution in [1.82, 2.24) is 10.2 Å². The van der Waals surface area contributed by atoms with Crippen molar-refractivity contribution in [2.24, 2.45) is 0 Å². The fourth-order valence-corrected chi connectivity index (χ4v) is 3.60. The van der Waals surface area contributed by atoms with Crippen molar-refractivity contribution in [3.05, 3.63) is 57.5 Å². The van der Waals surface area contributed by atoms with Gasteiger partial charge in [0.05, 0.1) is 10.6 Å². The average molecular weight is 468 g/mol. The first kappa shape index (κ1) is 20.1. The third kappa shape index (κ3) is 5.42. The number of likely N-dealkylation sites (N-methyl/N-ethyl adjacent to an activating group) is 1. The van der Waals surface area contributed by atoms with Gasteiger partial charge in [-0.05, 0) is 61.7 Å². The maximum atomic E-state index is 12.4. The molecule has 142 valence electrons. The first-order chi connectivity index (χ1) is 12.9. The molecule has 8 heteroatoms. The van der Waals surface area contributed by atoms with Crippen LogP contribution in [0.15, 0.2) is 46.9 Å². The Kier molecular flexibility index (Phi) is 6.70. The van der Waals surface area contributed by atoms with Gasteiger partial charge in [0, 0.05) is 42.0 Å². The molecule has 2 aromatic carbocycles. The van der Waals surface area contributed by atoms with E-state index in [2.05, 4.69) is 55.5 Å². The summed E-state index contributed by atoms with van der Waals surface area (Å²) in [6.45, 7) is 4.17. The van der Waals surface area contributed by atoms with E-state index in [1.165, 1.54) is 5.69 Å². The van der Waals surface area contributed by atoms with Gasteiger partial charge in [-0.1, -0.05) is 27.5 Å². The van der Waals surface area contributed by atoms with Gasteiger partial charge in [0.1, 0.15) is 0 Å². The summed E-state index contributed by atoms with van der Waals surface area (Å²) < 4.78 is 0.774. The molecule has 1 heterocycles. The van der Waals surface area contributed by atoms with Crippen molar-refractivity contribution in [3.8, 4) is 0 Å². The molecule has 0 aromatic heterocycles. The number of nitrogens with zero attached hydrogens (tertiary/aromatic N) is 2. The van der Waals surface area contributed by atoms with Crippen LogP contribution in [-0.4, -0.2) is 49.1 Å².